The standard InChI is InChI=1S/C39H56N32S3/c1-3-73-38-62-26(42)61-32(69-38)48-15-17-51-36-68-37(71-39(70-36)74-23-7-5-4-6-8-23)52-18-16-50-34-65-33(66-35(67-34)53-19-20-72)49-12-10-44-28-55-21-54-27(63-28)43-9-11-46-30-59-25(41)60-31(64-30)47-14-13-45-29-57-22(2)56-24(40)58-29/h4-8,21,72H,3,9-20H2,1-2H3,(H3,40,45,56,57,58)(H3,42,48,61,62,69)(H2,43,44,54,55,63)(H2,51,52,68,70,71)(H4,41,46,47,59,60,64)(H3,49,50,53,65,66,67). The first kappa shape index (κ1) is 53.3. The molecular formula is C39H56N32S3. The molecule has 6 aromatic heterocycles. The molecule has 7 rings (SSSR count). The Bertz CT molecular complexity index is 2820. The average Bonchev–Trinajstić information content (AvgIpc) is 3.37. The maximum absolute atomic E-state index is 5.92. The lowest BCUT2D eigenvalue weighted by atomic mass is 10.4. The summed E-state index contributed by atoms with van der Waals surface area (Å²) in [7, 11) is 0. The van der Waals surface area contributed by atoms with Gasteiger partial charge in [-0.05, 0) is 36.6 Å². The molecule has 17 N–H and O–H groups in total. The Kier molecular flexibility index (Phi) is 20.6. The van der Waals surface area contributed by atoms with Crippen molar-refractivity contribution in [1.29, 1.82) is 0 Å². The minimum atomic E-state index is 0.0538. The van der Waals surface area contributed by atoms with Crippen molar-refractivity contribution < 1.29 is 0 Å². The van der Waals surface area contributed by atoms with Crippen molar-refractivity contribution in [3.05, 3.63) is 42.5 Å². The number of thioether (sulfide) groups is 1. The summed E-state index contributed by atoms with van der Waals surface area (Å²) in [5, 5.41) is 36.0. The van der Waals surface area contributed by atoms with Gasteiger partial charge in [0, 0.05) is 82.6 Å². The summed E-state index contributed by atoms with van der Waals surface area (Å²) in [6.07, 6.45) is 1.41. The molecule has 32 nitrogen and oxygen atoms in total. The maximum Gasteiger partial charge on any atom is 0.229 e. The van der Waals surface area contributed by atoms with Crippen LogP contribution in [0.25, 0.3) is 0 Å². The van der Waals surface area contributed by atoms with E-state index in [-0.39, 0.29) is 17.8 Å². The van der Waals surface area contributed by atoms with Crippen LogP contribution in [0.5, 0.6) is 0 Å². The van der Waals surface area contributed by atoms with Crippen LogP contribution in [0.15, 0.2) is 51.9 Å². The van der Waals surface area contributed by atoms with Crippen molar-refractivity contribution in [3.63, 3.8) is 0 Å². The summed E-state index contributed by atoms with van der Waals surface area (Å²) < 4.78 is 0. The van der Waals surface area contributed by atoms with Gasteiger partial charge in [0.25, 0.3) is 0 Å². The molecule has 0 amide bonds. The first-order valence-electron chi connectivity index (χ1n) is 23.0. The summed E-state index contributed by atoms with van der Waals surface area (Å²) in [5.74, 6) is 6.21. The average molecular weight is 1070 g/mol. The highest BCUT2D eigenvalue weighted by atomic mass is 32.2. The van der Waals surface area contributed by atoms with E-state index >= 15 is 0 Å². The number of aromatic nitrogens is 18. The number of nitrogens with one attached hydrogen (secondary N) is 11. The van der Waals surface area contributed by atoms with E-state index in [0.29, 0.717) is 159 Å². The highest BCUT2D eigenvalue weighted by Crippen LogP contribution is 2.25. The smallest absolute Gasteiger partial charge is 0.229 e. The van der Waals surface area contributed by atoms with E-state index in [1.807, 2.05) is 37.3 Å². The van der Waals surface area contributed by atoms with Crippen LogP contribution in [-0.4, -0.2) is 173 Å². The predicted molar refractivity (Wildman–Crippen MR) is 291 cm³/mol. The van der Waals surface area contributed by atoms with Gasteiger partial charge >= 0.3 is 0 Å². The molecule has 0 radical (unpaired) electrons. The first-order chi connectivity index (χ1) is 36.1. The molecule has 74 heavy (non-hydrogen) atoms. The summed E-state index contributed by atoms with van der Waals surface area (Å²) in [6, 6.07) is 9.85. The Labute approximate surface area is 438 Å². The molecule has 0 unspecified atom stereocenters. The monoisotopic (exact) mass is 1070 g/mol. The number of anilines is 14. The Morgan fingerprint density at radius 2 is 0.730 bits per heavy atom. The summed E-state index contributed by atoms with van der Waals surface area (Å²) >= 11 is 7.22. The fourth-order valence-electron chi connectivity index (χ4n) is 5.92. The molecule has 35 heteroatoms. The van der Waals surface area contributed by atoms with Gasteiger partial charge in [-0.25, -0.2) is 9.97 Å². The van der Waals surface area contributed by atoms with Crippen molar-refractivity contribution in [2.24, 2.45) is 0 Å². The van der Waals surface area contributed by atoms with Crippen LogP contribution >= 0.6 is 36.2 Å². The lowest BCUT2D eigenvalue weighted by Crippen LogP contribution is -2.21. The Morgan fingerprint density at radius 1 is 0.392 bits per heavy atom. The van der Waals surface area contributed by atoms with Gasteiger partial charge < -0.3 is 75.7 Å². The topological polar surface area (TPSA) is 442 Å². The van der Waals surface area contributed by atoms with E-state index < -0.39 is 0 Å². The van der Waals surface area contributed by atoms with Crippen LogP contribution in [0.2, 0.25) is 0 Å². The Morgan fingerprint density at radius 3 is 1.16 bits per heavy atom. The summed E-state index contributed by atoms with van der Waals surface area (Å²) in [6.45, 7) is 8.65. The van der Waals surface area contributed by atoms with Gasteiger partial charge in [-0.2, -0.15) is 92.4 Å². The minimum Gasteiger partial charge on any atom is -0.368 e. The molecule has 0 spiro atoms. The highest BCUT2D eigenvalue weighted by molar-refractivity contribution is 7.99. The second kappa shape index (κ2) is 28.5. The Balaban J connectivity index is 0.844. The van der Waals surface area contributed by atoms with E-state index in [1.54, 1.807) is 6.92 Å². The molecule has 0 aliphatic carbocycles. The van der Waals surface area contributed by atoms with Crippen molar-refractivity contribution in [2.45, 2.75) is 29.1 Å². The van der Waals surface area contributed by atoms with Crippen molar-refractivity contribution in [2.75, 3.05) is 159 Å². The van der Waals surface area contributed by atoms with Crippen LogP contribution in [0, 0.1) is 6.92 Å². The second-order valence-corrected chi connectivity index (χ2v) is 17.4. The fourth-order valence-corrected chi connectivity index (χ4v) is 7.37. The van der Waals surface area contributed by atoms with E-state index in [0.717, 1.165) is 10.6 Å². The largest absolute Gasteiger partial charge is 0.368 e. The number of hydrogen-bond donors (Lipinski definition) is 15. The number of aryl methyl sites for hydroxylation is 1. The molecule has 0 saturated carbocycles. The van der Waals surface area contributed by atoms with Gasteiger partial charge in [-0.3, -0.25) is 0 Å². The molecule has 0 aliphatic rings. The lowest BCUT2D eigenvalue weighted by molar-refractivity contribution is 0.874. The van der Waals surface area contributed by atoms with Gasteiger partial charge in [0.1, 0.15) is 12.2 Å². The van der Waals surface area contributed by atoms with Gasteiger partial charge in [0.15, 0.2) is 10.3 Å². The van der Waals surface area contributed by atoms with Crippen molar-refractivity contribution >= 4 is 119 Å². The highest BCUT2D eigenvalue weighted by Gasteiger charge is 2.12. The van der Waals surface area contributed by atoms with Crippen LogP contribution in [0.1, 0.15) is 12.7 Å². The van der Waals surface area contributed by atoms with E-state index in [9.17, 15) is 0 Å². The molecule has 0 aliphatic heterocycles. The van der Waals surface area contributed by atoms with Gasteiger partial charge in [-0.15, -0.1) is 0 Å². The predicted octanol–water partition coefficient (Wildman–Crippen LogP) is 1.08. The van der Waals surface area contributed by atoms with Gasteiger partial charge in [0.2, 0.25) is 83.3 Å². The van der Waals surface area contributed by atoms with Gasteiger partial charge in [-0.1, -0.05) is 36.9 Å². The number of benzene rings is 1. The van der Waals surface area contributed by atoms with Crippen molar-refractivity contribution in [3.8, 4) is 0 Å². The molecular weight excluding hydrogens is 1010 g/mol. The minimum absolute atomic E-state index is 0.0538. The number of thiol groups is 1. The first-order valence-corrected chi connectivity index (χ1v) is 25.4. The number of nitrogens with two attached hydrogens (primary N) is 3. The molecule has 390 valence electrons. The third-order valence-electron chi connectivity index (χ3n) is 8.95. The zero-order chi connectivity index (χ0) is 51.7. The number of hydrogen-bond acceptors (Lipinski definition) is 35. The lowest BCUT2D eigenvalue weighted by Gasteiger charge is -2.13. The normalized spacial score (nSPS) is 10.8. The molecule has 6 heterocycles. The SMILES string of the molecule is CCSc1nc(N)nc(NCCNc2nc(NCCNc3nc(NCCS)nc(NCCNc4ncnc(NCCNc5nc(N)nc(NCCNc6nc(C)nc(N)n6)n5)n4)n3)nc(Sc3ccccc3)n2)n1. The quantitative estimate of drug-likeness (QED) is 0.0159. The second-order valence-electron chi connectivity index (χ2n) is 14.7. The third kappa shape index (κ3) is 18.6. The summed E-state index contributed by atoms with van der Waals surface area (Å²) in [4.78, 5) is 79.0. The van der Waals surface area contributed by atoms with Crippen LogP contribution in [0.4, 0.5) is 83.3 Å². The number of nitrogens with zero attached hydrogens (tertiary/aromatic N) is 18. The number of nitrogen functional groups attached to an aromatic ring is 3. The van der Waals surface area contributed by atoms with E-state index in [1.165, 1.54) is 29.9 Å². The van der Waals surface area contributed by atoms with Crippen LogP contribution < -0.4 is 75.7 Å². The van der Waals surface area contributed by atoms with E-state index in [2.05, 4.69) is 161 Å². The molecule has 7 aromatic rings. The van der Waals surface area contributed by atoms with E-state index in [4.69, 9.17) is 17.2 Å². The Hall–Kier alpha value is -8.47. The van der Waals surface area contributed by atoms with Gasteiger partial charge in [0.05, 0.1) is 0 Å². The zero-order valence-electron chi connectivity index (χ0n) is 40.2. The molecule has 0 bridgehead atoms. The van der Waals surface area contributed by atoms with Crippen LogP contribution in [0.3, 0.4) is 0 Å². The third-order valence-corrected chi connectivity index (χ3v) is 10.8. The van der Waals surface area contributed by atoms with Crippen molar-refractivity contribution in [1.82, 2.24) is 89.7 Å². The zero-order valence-corrected chi connectivity index (χ0v) is 42.7. The number of rotatable bonds is 32. The molecule has 1 aromatic carbocycles. The summed E-state index contributed by atoms with van der Waals surface area (Å²) in [5.41, 5.74) is 17.5. The maximum atomic E-state index is 5.92. The molecule has 0 fully saturated rings. The van der Waals surface area contributed by atoms with Crippen LogP contribution in [-0.2, 0) is 0 Å². The molecule has 0 atom stereocenters. The fraction of sp³-hybridized carbons (Fsp3) is 0.385. The molecule has 0 saturated heterocycles.